The minimum Gasteiger partial charge on any atom is -0.478 e. The topological polar surface area (TPSA) is 75.2 Å². The minimum absolute atomic E-state index is 0.193. The molecular formula is C23H19ClN2O3. The molecule has 0 radical (unpaired) electrons. The van der Waals surface area contributed by atoms with Gasteiger partial charge >= 0.3 is 5.97 Å². The molecule has 6 heteroatoms. The van der Waals surface area contributed by atoms with E-state index in [1.165, 1.54) is 17.2 Å². The van der Waals surface area contributed by atoms with Crippen LogP contribution in [-0.2, 0) is 0 Å². The van der Waals surface area contributed by atoms with Crippen LogP contribution in [0.4, 0.5) is 0 Å². The van der Waals surface area contributed by atoms with Gasteiger partial charge in [-0.15, -0.1) is 0 Å². The minimum atomic E-state index is -0.998. The number of ether oxygens (including phenoxy) is 1. The zero-order valence-electron chi connectivity index (χ0n) is 16.2. The van der Waals surface area contributed by atoms with Crippen LogP contribution in [0.5, 0.6) is 11.8 Å². The summed E-state index contributed by atoms with van der Waals surface area (Å²) in [5.41, 5.74) is 6.64. The summed E-state index contributed by atoms with van der Waals surface area (Å²) in [7, 11) is 0. The van der Waals surface area contributed by atoms with Crippen LogP contribution in [0.3, 0.4) is 0 Å². The van der Waals surface area contributed by atoms with Gasteiger partial charge in [-0.1, -0.05) is 35.9 Å². The van der Waals surface area contributed by atoms with Crippen molar-refractivity contribution in [1.29, 1.82) is 0 Å². The SMILES string of the molecule is Cc1ccc(-c2cc3nc(Oc4ccc(C)c(C(=O)O)c4)[nH]c3cc2Cl)cc1C. The second-order valence-corrected chi connectivity index (χ2v) is 7.48. The number of fused-ring (bicyclic) bond motifs is 1. The van der Waals surface area contributed by atoms with E-state index in [9.17, 15) is 9.90 Å². The van der Waals surface area contributed by atoms with E-state index >= 15 is 0 Å². The normalized spacial score (nSPS) is 11.0. The van der Waals surface area contributed by atoms with Crippen LogP contribution >= 0.6 is 11.6 Å². The average molecular weight is 407 g/mol. The lowest BCUT2D eigenvalue weighted by atomic mass is 10.00. The lowest BCUT2D eigenvalue weighted by molar-refractivity contribution is 0.0695. The fraction of sp³-hybridized carbons (Fsp3) is 0.130. The average Bonchev–Trinajstić information content (AvgIpc) is 3.05. The first kappa shape index (κ1) is 19.0. The first-order chi connectivity index (χ1) is 13.8. The Hall–Kier alpha value is -3.31. The molecule has 0 aliphatic carbocycles. The highest BCUT2D eigenvalue weighted by Crippen LogP contribution is 2.34. The monoisotopic (exact) mass is 406 g/mol. The van der Waals surface area contributed by atoms with E-state index < -0.39 is 5.97 Å². The van der Waals surface area contributed by atoms with Gasteiger partial charge in [0.2, 0.25) is 0 Å². The molecule has 0 spiro atoms. The maximum Gasteiger partial charge on any atom is 0.336 e. The van der Waals surface area contributed by atoms with Gasteiger partial charge in [0.15, 0.2) is 0 Å². The Morgan fingerprint density at radius 2 is 1.76 bits per heavy atom. The number of aryl methyl sites for hydroxylation is 3. The van der Waals surface area contributed by atoms with Gasteiger partial charge in [0.25, 0.3) is 6.01 Å². The van der Waals surface area contributed by atoms with E-state index in [1.54, 1.807) is 19.1 Å². The molecule has 0 bridgehead atoms. The molecule has 146 valence electrons. The number of hydrogen-bond acceptors (Lipinski definition) is 3. The Morgan fingerprint density at radius 3 is 2.48 bits per heavy atom. The van der Waals surface area contributed by atoms with E-state index in [1.807, 2.05) is 18.2 Å². The van der Waals surface area contributed by atoms with E-state index in [0.717, 1.165) is 16.6 Å². The van der Waals surface area contributed by atoms with Gasteiger partial charge in [-0.05, 0) is 67.3 Å². The number of carboxylic acids is 1. The summed E-state index contributed by atoms with van der Waals surface area (Å²) in [6.07, 6.45) is 0. The molecule has 0 unspecified atom stereocenters. The number of H-pyrrole nitrogens is 1. The smallest absolute Gasteiger partial charge is 0.336 e. The molecule has 0 saturated carbocycles. The van der Waals surface area contributed by atoms with Gasteiger partial charge < -0.3 is 14.8 Å². The predicted octanol–water partition coefficient (Wildman–Crippen LogP) is 6.30. The summed E-state index contributed by atoms with van der Waals surface area (Å²) < 4.78 is 5.76. The van der Waals surface area contributed by atoms with Crippen molar-refractivity contribution in [3.05, 3.63) is 75.8 Å². The summed E-state index contributed by atoms with van der Waals surface area (Å²) in [5, 5.41) is 9.89. The van der Waals surface area contributed by atoms with Crippen molar-refractivity contribution in [2.24, 2.45) is 0 Å². The van der Waals surface area contributed by atoms with Gasteiger partial charge in [0, 0.05) is 5.56 Å². The molecule has 0 amide bonds. The summed E-state index contributed by atoms with van der Waals surface area (Å²) in [5.74, 6) is -0.602. The van der Waals surface area contributed by atoms with Crippen molar-refractivity contribution < 1.29 is 14.6 Å². The zero-order chi connectivity index (χ0) is 20.7. The van der Waals surface area contributed by atoms with Gasteiger partial charge in [-0.3, -0.25) is 0 Å². The number of benzene rings is 3. The number of halogens is 1. The largest absolute Gasteiger partial charge is 0.478 e. The van der Waals surface area contributed by atoms with E-state index in [0.29, 0.717) is 21.9 Å². The van der Waals surface area contributed by atoms with Crippen molar-refractivity contribution >= 4 is 28.6 Å². The number of nitrogens with one attached hydrogen (secondary N) is 1. The van der Waals surface area contributed by atoms with Gasteiger partial charge in [0.1, 0.15) is 5.75 Å². The van der Waals surface area contributed by atoms with Crippen molar-refractivity contribution in [2.45, 2.75) is 20.8 Å². The Kier molecular flexibility index (Phi) is 4.76. The first-order valence-electron chi connectivity index (χ1n) is 9.10. The molecule has 2 N–H and O–H groups in total. The molecule has 29 heavy (non-hydrogen) atoms. The summed E-state index contributed by atoms with van der Waals surface area (Å²) in [4.78, 5) is 18.9. The highest BCUT2D eigenvalue weighted by Gasteiger charge is 2.13. The first-order valence-corrected chi connectivity index (χ1v) is 9.48. The second kappa shape index (κ2) is 7.26. The molecule has 4 aromatic rings. The Balaban J connectivity index is 1.71. The molecule has 3 aromatic carbocycles. The zero-order valence-corrected chi connectivity index (χ0v) is 17.0. The van der Waals surface area contributed by atoms with Crippen LogP contribution < -0.4 is 4.74 Å². The van der Waals surface area contributed by atoms with Crippen LogP contribution in [-0.4, -0.2) is 21.0 Å². The molecule has 0 saturated heterocycles. The number of carboxylic acid groups (broad SMARTS) is 1. The molecular weight excluding hydrogens is 388 g/mol. The van der Waals surface area contributed by atoms with Crippen LogP contribution in [0, 0.1) is 20.8 Å². The number of rotatable bonds is 4. The van der Waals surface area contributed by atoms with Crippen LogP contribution in [0.2, 0.25) is 5.02 Å². The third-order valence-corrected chi connectivity index (χ3v) is 5.33. The van der Waals surface area contributed by atoms with Crippen molar-refractivity contribution in [2.75, 3.05) is 0 Å². The molecule has 1 heterocycles. The Morgan fingerprint density at radius 1 is 1.00 bits per heavy atom. The molecule has 0 aliphatic heterocycles. The van der Waals surface area contributed by atoms with Crippen molar-refractivity contribution in [1.82, 2.24) is 9.97 Å². The third kappa shape index (κ3) is 3.69. The highest BCUT2D eigenvalue weighted by atomic mass is 35.5. The highest BCUT2D eigenvalue weighted by molar-refractivity contribution is 6.34. The maximum absolute atomic E-state index is 11.3. The fourth-order valence-electron chi connectivity index (χ4n) is 3.19. The van der Waals surface area contributed by atoms with Gasteiger partial charge in [-0.2, -0.15) is 4.98 Å². The van der Waals surface area contributed by atoms with Crippen molar-refractivity contribution in [3.8, 4) is 22.9 Å². The molecule has 0 atom stereocenters. The van der Waals surface area contributed by atoms with E-state index in [2.05, 4.69) is 35.9 Å². The summed E-state index contributed by atoms with van der Waals surface area (Å²) >= 11 is 6.52. The third-order valence-electron chi connectivity index (χ3n) is 5.02. The number of hydrogen-bond donors (Lipinski definition) is 2. The Bertz CT molecular complexity index is 1260. The number of aromatic amines is 1. The van der Waals surface area contributed by atoms with Crippen LogP contribution in [0.1, 0.15) is 27.0 Å². The van der Waals surface area contributed by atoms with Crippen molar-refractivity contribution in [3.63, 3.8) is 0 Å². The molecule has 1 aromatic heterocycles. The van der Waals surface area contributed by atoms with E-state index in [4.69, 9.17) is 16.3 Å². The fourth-order valence-corrected chi connectivity index (χ4v) is 3.46. The van der Waals surface area contributed by atoms with Crippen LogP contribution in [0.25, 0.3) is 22.2 Å². The summed E-state index contributed by atoms with van der Waals surface area (Å²) in [6, 6.07) is 15.1. The number of nitrogens with zero attached hydrogens (tertiary/aromatic N) is 1. The number of carbonyl (C=O) groups is 1. The molecule has 5 nitrogen and oxygen atoms in total. The Labute approximate surface area is 172 Å². The lowest BCUT2D eigenvalue weighted by Gasteiger charge is -2.07. The maximum atomic E-state index is 11.3. The predicted molar refractivity (Wildman–Crippen MR) is 114 cm³/mol. The van der Waals surface area contributed by atoms with E-state index in [-0.39, 0.29) is 11.6 Å². The molecule has 4 rings (SSSR count). The van der Waals surface area contributed by atoms with Gasteiger partial charge in [-0.25, -0.2) is 4.79 Å². The molecule has 0 fully saturated rings. The second-order valence-electron chi connectivity index (χ2n) is 7.07. The number of imidazole rings is 1. The molecule has 0 aliphatic rings. The standard InChI is InChI=1S/C23H19ClN2O3/c1-12-4-6-15(8-14(12)3)18-10-20-21(11-19(18)24)26-23(25-20)29-16-7-5-13(2)17(9-16)22(27)28/h4-11H,1-3H3,(H,25,26)(H,27,28). The lowest BCUT2D eigenvalue weighted by Crippen LogP contribution is -2.00. The summed E-state index contributed by atoms with van der Waals surface area (Å²) in [6.45, 7) is 5.88. The quantitative estimate of drug-likeness (QED) is 0.417. The van der Waals surface area contributed by atoms with Crippen LogP contribution in [0.15, 0.2) is 48.5 Å². The van der Waals surface area contributed by atoms with Gasteiger partial charge in [0.05, 0.1) is 21.6 Å². The number of aromatic nitrogens is 2. The number of aromatic carboxylic acids is 1.